The van der Waals surface area contributed by atoms with Gasteiger partial charge in [-0.05, 0) is 18.6 Å². The molecule has 0 fully saturated rings. The smallest absolute Gasteiger partial charge is 0.121 e. The van der Waals surface area contributed by atoms with Crippen LogP contribution >= 0.6 is 11.8 Å². The van der Waals surface area contributed by atoms with Crippen LogP contribution in [0.2, 0.25) is 0 Å². The van der Waals surface area contributed by atoms with E-state index < -0.39 is 0 Å². The summed E-state index contributed by atoms with van der Waals surface area (Å²) in [5.41, 5.74) is 2.40. The second kappa shape index (κ2) is 2.16. The summed E-state index contributed by atoms with van der Waals surface area (Å²) in [6.45, 7) is 2.05. The fraction of sp³-hybridized carbons (Fsp3) is 0.286. The highest BCUT2D eigenvalue weighted by molar-refractivity contribution is 7.99. The zero-order valence-corrected chi connectivity index (χ0v) is 6.53. The standard InChI is InChI=1S/C7H8N2S/c1-5-2-6-7(8-3-5)10-4-9-6/h2-3,9H,4H2,1H3. The number of thioether (sulfide) groups is 1. The van der Waals surface area contributed by atoms with E-state index in [-0.39, 0.29) is 0 Å². The summed E-state index contributed by atoms with van der Waals surface area (Å²) in [5.74, 6) is 0.964. The number of fused-ring (bicyclic) bond motifs is 1. The number of hydrogen-bond acceptors (Lipinski definition) is 3. The van der Waals surface area contributed by atoms with Gasteiger partial charge in [-0.15, -0.1) is 0 Å². The number of rotatable bonds is 0. The minimum atomic E-state index is 0.964. The van der Waals surface area contributed by atoms with Gasteiger partial charge in [0.15, 0.2) is 0 Å². The topological polar surface area (TPSA) is 24.9 Å². The van der Waals surface area contributed by atoms with Crippen LogP contribution in [0.25, 0.3) is 0 Å². The predicted octanol–water partition coefficient (Wildman–Crippen LogP) is 1.87. The molecule has 52 valence electrons. The molecule has 0 aromatic carbocycles. The van der Waals surface area contributed by atoms with E-state index in [0.717, 1.165) is 10.9 Å². The van der Waals surface area contributed by atoms with E-state index in [1.807, 2.05) is 6.20 Å². The van der Waals surface area contributed by atoms with Crippen LogP contribution in [0.1, 0.15) is 5.56 Å². The van der Waals surface area contributed by atoms with Gasteiger partial charge < -0.3 is 5.32 Å². The first-order valence-electron chi connectivity index (χ1n) is 3.19. The number of aryl methyl sites for hydroxylation is 1. The SMILES string of the molecule is Cc1cnc2c(c1)NCS2. The first-order valence-corrected chi connectivity index (χ1v) is 4.18. The van der Waals surface area contributed by atoms with Crippen LogP contribution in [-0.2, 0) is 0 Å². The van der Waals surface area contributed by atoms with Crippen molar-refractivity contribution in [2.75, 3.05) is 11.2 Å². The quantitative estimate of drug-likeness (QED) is 0.614. The molecule has 3 heteroatoms. The lowest BCUT2D eigenvalue weighted by Crippen LogP contribution is -1.88. The van der Waals surface area contributed by atoms with E-state index in [2.05, 4.69) is 23.3 Å². The molecule has 1 aromatic heterocycles. The molecule has 10 heavy (non-hydrogen) atoms. The second-order valence-corrected chi connectivity index (χ2v) is 3.29. The molecule has 2 nitrogen and oxygen atoms in total. The van der Waals surface area contributed by atoms with Gasteiger partial charge in [-0.3, -0.25) is 0 Å². The molecule has 0 unspecified atom stereocenters. The van der Waals surface area contributed by atoms with Gasteiger partial charge in [-0.1, -0.05) is 11.8 Å². The summed E-state index contributed by atoms with van der Waals surface area (Å²) in [7, 11) is 0. The zero-order valence-electron chi connectivity index (χ0n) is 5.72. The van der Waals surface area contributed by atoms with E-state index in [9.17, 15) is 0 Å². The van der Waals surface area contributed by atoms with Crippen LogP contribution in [0.15, 0.2) is 17.3 Å². The monoisotopic (exact) mass is 152 g/mol. The van der Waals surface area contributed by atoms with Crippen LogP contribution in [0.5, 0.6) is 0 Å². The minimum absolute atomic E-state index is 0.964. The number of aromatic nitrogens is 1. The molecule has 1 aliphatic heterocycles. The van der Waals surface area contributed by atoms with Crippen molar-refractivity contribution in [2.45, 2.75) is 11.9 Å². The fourth-order valence-electron chi connectivity index (χ4n) is 0.981. The summed E-state index contributed by atoms with van der Waals surface area (Å²) in [6, 6.07) is 2.13. The first kappa shape index (κ1) is 6.04. The predicted molar refractivity (Wildman–Crippen MR) is 43.3 cm³/mol. The molecule has 1 N–H and O–H groups in total. The molecule has 2 rings (SSSR count). The largest absolute Gasteiger partial charge is 0.373 e. The van der Waals surface area contributed by atoms with Crippen molar-refractivity contribution in [2.24, 2.45) is 0 Å². The van der Waals surface area contributed by atoms with Crippen LogP contribution in [0.4, 0.5) is 5.69 Å². The average molecular weight is 152 g/mol. The molecule has 0 atom stereocenters. The molecule has 0 amide bonds. The Bertz CT molecular complexity index is 260. The highest BCUT2D eigenvalue weighted by Crippen LogP contribution is 2.31. The number of nitrogens with zero attached hydrogens (tertiary/aromatic N) is 1. The van der Waals surface area contributed by atoms with Crippen molar-refractivity contribution >= 4 is 17.4 Å². The lowest BCUT2D eigenvalue weighted by molar-refractivity contribution is 1.13. The maximum atomic E-state index is 4.26. The summed E-state index contributed by atoms with van der Waals surface area (Å²) in [5, 5.41) is 4.37. The second-order valence-electron chi connectivity index (χ2n) is 2.33. The third-order valence-corrected chi connectivity index (χ3v) is 2.35. The third-order valence-electron chi connectivity index (χ3n) is 1.46. The lowest BCUT2D eigenvalue weighted by atomic mass is 10.3. The van der Waals surface area contributed by atoms with E-state index in [1.54, 1.807) is 11.8 Å². The van der Waals surface area contributed by atoms with Crippen molar-refractivity contribution in [3.63, 3.8) is 0 Å². The highest BCUT2D eigenvalue weighted by Gasteiger charge is 2.10. The molecule has 1 aliphatic rings. The molecule has 0 spiro atoms. The maximum absolute atomic E-state index is 4.26. The Hall–Kier alpha value is -0.700. The summed E-state index contributed by atoms with van der Waals surface area (Å²) >= 11 is 1.75. The van der Waals surface area contributed by atoms with E-state index >= 15 is 0 Å². The molecular formula is C7H8N2S. The van der Waals surface area contributed by atoms with Crippen LogP contribution in [0.3, 0.4) is 0 Å². The maximum Gasteiger partial charge on any atom is 0.121 e. The summed E-state index contributed by atoms with van der Waals surface area (Å²) in [4.78, 5) is 4.26. The molecular weight excluding hydrogens is 144 g/mol. The molecule has 1 aromatic rings. The van der Waals surface area contributed by atoms with Crippen molar-refractivity contribution in [1.82, 2.24) is 4.98 Å². The van der Waals surface area contributed by atoms with Gasteiger partial charge in [0, 0.05) is 6.20 Å². The number of nitrogens with one attached hydrogen (secondary N) is 1. The molecule has 2 heterocycles. The van der Waals surface area contributed by atoms with Gasteiger partial charge in [-0.2, -0.15) is 0 Å². The highest BCUT2D eigenvalue weighted by atomic mass is 32.2. The Morgan fingerprint density at radius 1 is 1.70 bits per heavy atom. The minimum Gasteiger partial charge on any atom is -0.373 e. The van der Waals surface area contributed by atoms with Gasteiger partial charge in [-0.25, -0.2) is 4.98 Å². The fourth-order valence-corrected chi connectivity index (χ4v) is 1.76. The molecule has 0 bridgehead atoms. The van der Waals surface area contributed by atoms with Crippen molar-refractivity contribution in [1.29, 1.82) is 0 Å². The van der Waals surface area contributed by atoms with E-state index in [4.69, 9.17) is 0 Å². The Balaban J connectivity index is 2.52. The Morgan fingerprint density at radius 2 is 2.60 bits per heavy atom. The van der Waals surface area contributed by atoms with E-state index in [0.29, 0.717) is 0 Å². The third kappa shape index (κ3) is 0.865. The number of anilines is 1. The lowest BCUT2D eigenvalue weighted by Gasteiger charge is -1.96. The Labute approximate surface area is 64.0 Å². The first-order chi connectivity index (χ1) is 4.86. The molecule has 0 aliphatic carbocycles. The molecule has 0 saturated carbocycles. The van der Waals surface area contributed by atoms with E-state index in [1.165, 1.54) is 11.3 Å². The number of pyridine rings is 1. The van der Waals surface area contributed by atoms with Crippen molar-refractivity contribution < 1.29 is 0 Å². The van der Waals surface area contributed by atoms with Crippen molar-refractivity contribution in [3.8, 4) is 0 Å². The van der Waals surface area contributed by atoms with Gasteiger partial charge >= 0.3 is 0 Å². The zero-order chi connectivity index (χ0) is 6.97. The van der Waals surface area contributed by atoms with Gasteiger partial charge in [0.25, 0.3) is 0 Å². The van der Waals surface area contributed by atoms with Crippen LogP contribution in [0, 0.1) is 6.92 Å². The normalized spacial score (nSPS) is 14.5. The summed E-state index contributed by atoms with van der Waals surface area (Å²) in [6.07, 6.45) is 1.90. The Kier molecular flexibility index (Phi) is 1.31. The van der Waals surface area contributed by atoms with Gasteiger partial charge in [0.2, 0.25) is 0 Å². The average Bonchev–Trinajstić information content (AvgIpc) is 2.33. The Morgan fingerprint density at radius 3 is 3.50 bits per heavy atom. The van der Waals surface area contributed by atoms with Gasteiger partial charge in [0.1, 0.15) is 5.03 Å². The van der Waals surface area contributed by atoms with Crippen LogP contribution < -0.4 is 5.32 Å². The molecule has 0 radical (unpaired) electrons. The van der Waals surface area contributed by atoms with Crippen LogP contribution in [-0.4, -0.2) is 10.9 Å². The van der Waals surface area contributed by atoms with Gasteiger partial charge in [0.05, 0.1) is 11.6 Å². The molecule has 0 saturated heterocycles. The van der Waals surface area contributed by atoms with Crippen molar-refractivity contribution in [3.05, 3.63) is 17.8 Å². The number of hydrogen-bond donors (Lipinski definition) is 1. The summed E-state index contributed by atoms with van der Waals surface area (Å²) < 4.78 is 0.